The fraction of sp³-hybridized carbons (Fsp3) is 1.00. The Morgan fingerprint density at radius 1 is 0.571 bits per heavy atom. The average Bonchev–Trinajstić information content (AvgIpc) is 2.23. The summed E-state index contributed by atoms with van der Waals surface area (Å²) in [4.78, 5) is 0. The van der Waals surface area contributed by atoms with Gasteiger partial charge in [0, 0.05) is 0 Å². The summed E-state index contributed by atoms with van der Waals surface area (Å²) in [6, 6.07) is 0. The van der Waals surface area contributed by atoms with E-state index in [4.69, 9.17) is 0 Å². The Morgan fingerprint density at radius 2 is 0.810 bits per heavy atom. The lowest BCUT2D eigenvalue weighted by molar-refractivity contribution is -0.273. The van der Waals surface area contributed by atoms with Crippen LogP contribution in [0.25, 0.3) is 0 Å². The molecule has 0 amide bonds. The lowest BCUT2D eigenvalue weighted by Gasteiger charge is -2.25. The summed E-state index contributed by atoms with van der Waals surface area (Å²) in [6.45, 7) is -5.21. The van der Waals surface area contributed by atoms with E-state index in [0.717, 1.165) is 0 Å². The maximum absolute atomic E-state index is 12.5. The summed E-state index contributed by atoms with van der Waals surface area (Å²) < 4.78 is 148. The fourth-order valence-electron chi connectivity index (χ4n) is 0.948. The molecular formula is C8H6F12O. The van der Waals surface area contributed by atoms with Gasteiger partial charge in [-0.25, -0.2) is 26.3 Å². The van der Waals surface area contributed by atoms with Crippen molar-refractivity contribution in [3.8, 4) is 0 Å². The number of ether oxygens (including phenoxy) is 1. The molecule has 21 heavy (non-hydrogen) atoms. The second-order valence-corrected chi connectivity index (χ2v) is 3.82. The van der Waals surface area contributed by atoms with Crippen molar-refractivity contribution in [2.24, 2.45) is 0 Å². The van der Waals surface area contributed by atoms with Gasteiger partial charge in [0.05, 0.1) is 0 Å². The average molecular weight is 346 g/mol. The Morgan fingerprint density at radius 3 is 1.00 bits per heavy atom. The van der Waals surface area contributed by atoms with Gasteiger partial charge in [-0.1, -0.05) is 0 Å². The van der Waals surface area contributed by atoms with Crippen LogP contribution in [-0.2, 0) is 4.74 Å². The molecule has 1 nitrogen and oxygen atoms in total. The monoisotopic (exact) mass is 346 g/mol. The second kappa shape index (κ2) is 6.08. The third-order valence-corrected chi connectivity index (χ3v) is 1.91. The smallest absolute Gasteiger partial charge is 0.369 e. The lowest BCUT2D eigenvalue weighted by Crippen LogP contribution is -2.48. The second-order valence-electron chi connectivity index (χ2n) is 3.82. The van der Waals surface area contributed by atoms with Crippen molar-refractivity contribution in [2.75, 3.05) is 13.2 Å². The van der Waals surface area contributed by atoms with Gasteiger partial charge in [-0.05, 0) is 0 Å². The number of rotatable bonds is 6. The van der Waals surface area contributed by atoms with Crippen LogP contribution in [0, 0.1) is 0 Å². The van der Waals surface area contributed by atoms with Crippen LogP contribution in [0.5, 0.6) is 0 Å². The molecule has 2 atom stereocenters. The molecule has 0 fully saturated rings. The highest BCUT2D eigenvalue weighted by molar-refractivity contribution is 4.85. The largest absolute Gasteiger partial charge is 0.425 e. The van der Waals surface area contributed by atoms with E-state index < -0.39 is 49.8 Å². The predicted octanol–water partition coefficient (Wildman–Crippen LogP) is 4.07. The Hall–Kier alpha value is -0.880. The number of hydrogen-bond donors (Lipinski definition) is 0. The molecule has 0 radical (unpaired) electrons. The van der Waals surface area contributed by atoms with Gasteiger partial charge >= 0.3 is 24.2 Å². The number of hydrogen-bond acceptors (Lipinski definition) is 1. The molecule has 0 unspecified atom stereocenters. The highest BCUT2D eigenvalue weighted by Gasteiger charge is 2.59. The van der Waals surface area contributed by atoms with Crippen molar-refractivity contribution >= 4 is 0 Å². The first-order valence-corrected chi connectivity index (χ1v) is 4.77. The van der Waals surface area contributed by atoms with Gasteiger partial charge in [0.1, 0.15) is 13.2 Å². The van der Waals surface area contributed by atoms with E-state index in [9.17, 15) is 52.7 Å². The van der Waals surface area contributed by atoms with Gasteiger partial charge in [-0.15, -0.1) is 0 Å². The van der Waals surface area contributed by atoms with Crippen molar-refractivity contribution in [1.82, 2.24) is 0 Å². The van der Waals surface area contributed by atoms with Crippen LogP contribution in [0.15, 0.2) is 0 Å². The fourth-order valence-corrected chi connectivity index (χ4v) is 0.948. The van der Waals surface area contributed by atoms with E-state index >= 15 is 0 Å². The molecule has 0 rings (SSSR count). The maximum atomic E-state index is 12.5. The summed E-state index contributed by atoms with van der Waals surface area (Å²) in [7, 11) is 0. The zero-order chi connectivity index (χ0) is 17.3. The first kappa shape index (κ1) is 20.1. The quantitative estimate of drug-likeness (QED) is 0.659. The van der Waals surface area contributed by atoms with Crippen LogP contribution >= 0.6 is 0 Å². The summed E-state index contributed by atoms with van der Waals surface area (Å²) in [6.07, 6.45) is -21.6. The minimum Gasteiger partial charge on any atom is -0.369 e. The molecular weight excluding hydrogens is 340 g/mol. The van der Waals surface area contributed by atoms with Crippen molar-refractivity contribution in [3.05, 3.63) is 0 Å². The summed E-state index contributed by atoms with van der Waals surface area (Å²) in [5, 5.41) is 0. The van der Waals surface area contributed by atoms with Gasteiger partial charge in [0.15, 0.2) is 0 Å². The zero-order valence-corrected chi connectivity index (χ0v) is 9.51. The molecule has 0 heterocycles. The highest BCUT2D eigenvalue weighted by atomic mass is 19.4. The van der Waals surface area contributed by atoms with E-state index in [0.29, 0.717) is 0 Å². The Bertz CT molecular complexity index is 299. The molecule has 0 aliphatic carbocycles. The third kappa shape index (κ3) is 5.79. The summed E-state index contributed by atoms with van der Waals surface area (Å²) >= 11 is 0. The van der Waals surface area contributed by atoms with Crippen LogP contribution in [-0.4, -0.2) is 49.8 Å². The van der Waals surface area contributed by atoms with Crippen LogP contribution in [0.2, 0.25) is 0 Å². The molecule has 0 spiro atoms. The first-order valence-electron chi connectivity index (χ1n) is 4.77. The topological polar surface area (TPSA) is 9.23 Å². The molecule has 0 aromatic heterocycles. The first-order chi connectivity index (χ1) is 9.02. The van der Waals surface area contributed by atoms with E-state index in [1.54, 1.807) is 0 Å². The highest BCUT2D eigenvalue weighted by Crippen LogP contribution is 2.37. The van der Waals surface area contributed by atoms with E-state index in [-0.39, 0.29) is 0 Å². The summed E-state index contributed by atoms with van der Waals surface area (Å²) in [5.41, 5.74) is 0. The minimum atomic E-state index is -6.04. The van der Waals surface area contributed by atoms with Gasteiger partial charge in [-0.3, -0.25) is 0 Å². The Labute approximate surface area is 108 Å². The molecule has 0 saturated heterocycles. The molecule has 0 aromatic carbocycles. The van der Waals surface area contributed by atoms with Crippen LogP contribution in [0.4, 0.5) is 52.7 Å². The van der Waals surface area contributed by atoms with E-state index in [1.807, 2.05) is 0 Å². The predicted molar refractivity (Wildman–Crippen MR) is 42.6 cm³/mol. The van der Waals surface area contributed by atoms with Crippen LogP contribution in [0.3, 0.4) is 0 Å². The van der Waals surface area contributed by atoms with Gasteiger partial charge in [0.2, 0.25) is 0 Å². The molecule has 13 heteroatoms. The third-order valence-electron chi connectivity index (χ3n) is 1.91. The van der Waals surface area contributed by atoms with Crippen LogP contribution < -0.4 is 0 Å². The molecule has 0 aromatic rings. The molecule has 0 N–H and O–H groups in total. The SMILES string of the molecule is F[C@H](C(F)(F)F)C(F)(F)COCC(F)(F)[C@H](F)C(F)(F)F. The van der Waals surface area contributed by atoms with E-state index in [1.165, 1.54) is 0 Å². The van der Waals surface area contributed by atoms with Crippen molar-refractivity contribution < 1.29 is 57.4 Å². The lowest BCUT2D eigenvalue weighted by atomic mass is 10.2. The molecule has 0 aliphatic heterocycles. The van der Waals surface area contributed by atoms with Gasteiger partial charge in [-0.2, -0.15) is 26.3 Å². The minimum absolute atomic E-state index is 2.60. The van der Waals surface area contributed by atoms with E-state index in [2.05, 4.69) is 4.74 Å². The number of alkyl halides is 12. The van der Waals surface area contributed by atoms with Gasteiger partial charge < -0.3 is 4.74 Å². The van der Waals surface area contributed by atoms with Crippen LogP contribution in [0.1, 0.15) is 0 Å². The molecule has 0 aliphatic rings. The Kier molecular flexibility index (Phi) is 5.83. The molecule has 128 valence electrons. The maximum Gasteiger partial charge on any atom is 0.425 e. The Balaban J connectivity index is 4.62. The normalized spacial score (nSPS) is 17.7. The zero-order valence-electron chi connectivity index (χ0n) is 9.51. The summed E-state index contributed by atoms with van der Waals surface area (Å²) in [5.74, 6) is -10.6. The standard InChI is InChI=1S/C8H6F12O/c9-3(7(15,16)17)5(11,12)1-21-2-6(13,14)4(10)8(18,19)20/h3-4H,1-2H2/t3-,4-/m0/s1. The molecule has 0 bridgehead atoms. The van der Waals surface area contributed by atoms with Gasteiger partial charge in [0.25, 0.3) is 12.3 Å². The van der Waals surface area contributed by atoms with Crippen molar-refractivity contribution in [3.63, 3.8) is 0 Å². The van der Waals surface area contributed by atoms with Crippen molar-refractivity contribution in [2.45, 2.75) is 36.5 Å². The number of halogens is 12. The van der Waals surface area contributed by atoms with Crippen molar-refractivity contribution in [1.29, 1.82) is 0 Å². The molecule has 0 saturated carbocycles.